The Balaban J connectivity index is 2.10. The molecule has 0 aromatic rings. The lowest BCUT2D eigenvalue weighted by molar-refractivity contribution is 0.266. The fraction of sp³-hybridized carbons (Fsp3) is 0.833. The maximum absolute atomic E-state index is 11.3. The van der Waals surface area contributed by atoms with Crippen molar-refractivity contribution in [3.05, 3.63) is 12.7 Å². The molecule has 0 aromatic heterocycles. The molecule has 1 rings (SSSR count). The zero-order chi connectivity index (χ0) is 12.9. The Bertz CT molecular complexity index is 334. The van der Waals surface area contributed by atoms with Crippen LogP contribution in [-0.2, 0) is 10.0 Å². The molecule has 0 amide bonds. The largest absolute Gasteiger partial charge is 0.314 e. The maximum atomic E-state index is 11.3. The fourth-order valence-corrected chi connectivity index (χ4v) is 3.07. The molecule has 0 radical (unpaired) electrons. The molecule has 0 saturated heterocycles. The first-order chi connectivity index (χ1) is 7.97. The summed E-state index contributed by atoms with van der Waals surface area (Å²) >= 11 is 0. The molecule has 0 bridgehead atoms. The van der Waals surface area contributed by atoms with E-state index >= 15 is 0 Å². The lowest BCUT2D eigenvalue weighted by Gasteiger charge is -2.34. The van der Waals surface area contributed by atoms with Crippen molar-refractivity contribution in [2.75, 3.05) is 25.9 Å². The maximum Gasteiger partial charge on any atom is 0.211 e. The average Bonchev–Trinajstić information content (AvgIpc) is 2.18. The summed E-state index contributed by atoms with van der Waals surface area (Å²) in [5.74, 6) is 0.677. The number of rotatable bonds is 8. The number of hydrogen-bond acceptors (Lipinski definition) is 3. The van der Waals surface area contributed by atoms with Crippen LogP contribution in [0.25, 0.3) is 0 Å². The zero-order valence-corrected chi connectivity index (χ0v) is 11.7. The van der Waals surface area contributed by atoms with E-state index in [9.17, 15) is 8.42 Å². The van der Waals surface area contributed by atoms with Gasteiger partial charge in [0, 0.05) is 19.1 Å². The second-order valence-electron chi connectivity index (χ2n) is 4.73. The van der Waals surface area contributed by atoms with Crippen LogP contribution in [0.3, 0.4) is 0 Å². The number of nitrogens with zero attached hydrogens (tertiary/aromatic N) is 1. The molecule has 0 atom stereocenters. The molecule has 5 heteroatoms. The van der Waals surface area contributed by atoms with E-state index in [1.165, 1.54) is 23.4 Å². The molecule has 0 aromatic carbocycles. The van der Waals surface area contributed by atoms with E-state index < -0.39 is 10.0 Å². The van der Waals surface area contributed by atoms with Crippen molar-refractivity contribution in [2.45, 2.75) is 32.2 Å². The lowest BCUT2D eigenvalue weighted by Crippen LogP contribution is -2.41. The molecule has 100 valence electrons. The van der Waals surface area contributed by atoms with Crippen LogP contribution in [0.15, 0.2) is 12.7 Å². The highest BCUT2D eigenvalue weighted by atomic mass is 32.2. The third-order valence-corrected chi connectivity index (χ3v) is 4.73. The van der Waals surface area contributed by atoms with Crippen molar-refractivity contribution in [1.29, 1.82) is 0 Å². The Morgan fingerprint density at radius 3 is 2.59 bits per heavy atom. The van der Waals surface area contributed by atoms with Gasteiger partial charge in [-0.1, -0.05) is 13.0 Å². The number of nitrogens with one attached hydrogen (secondary N) is 1. The number of sulfonamides is 1. The van der Waals surface area contributed by atoms with Crippen LogP contribution in [0, 0.1) is 5.92 Å². The first-order valence-electron chi connectivity index (χ1n) is 6.28. The topological polar surface area (TPSA) is 49.4 Å². The quantitative estimate of drug-likeness (QED) is 0.527. The van der Waals surface area contributed by atoms with E-state index in [-0.39, 0.29) is 0 Å². The van der Waals surface area contributed by atoms with Crippen molar-refractivity contribution in [2.24, 2.45) is 5.92 Å². The Hall–Kier alpha value is -0.390. The predicted molar refractivity (Wildman–Crippen MR) is 71.4 cm³/mol. The molecule has 0 heterocycles. The van der Waals surface area contributed by atoms with Crippen LogP contribution in [0.1, 0.15) is 26.2 Å². The van der Waals surface area contributed by atoms with E-state index in [0.717, 1.165) is 13.0 Å². The Morgan fingerprint density at radius 1 is 1.47 bits per heavy atom. The smallest absolute Gasteiger partial charge is 0.211 e. The van der Waals surface area contributed by atoms with E-state index in [2.05, 4.69) is 11.9 Å². The summed E-state index contributed by atoms with van der Waals surface area (Å²) in [6.45, 7) is 7.70. The normalized spacial score (nSPS) is 24.6. The van der Waals surface area contributed by atoms with Gasteiger partial charge in [-0.2, -0.15) is 0 Å². The summed E-state index contributed by atoms with van der Waals surface area (Å²) in [7, 11) is -3.03. The second-order valence-corrected chi connectivity index (χ2v) is 6.71. The van der Waals surface area contributed by atoms with Gasteiger partial charge in [0.2, 0.25) is 10.0 Å². The molecular formula is C12H24N2O2S. The van der Waals surface area contributed by atoms with Gasteiger partial charge in [-0.3, -0.25) is 0 Å². The van der Waals surface area contributed by atoms with Gasteiger partial charge in [-0.25, -0.2) is 12.7 Å². The SMILES string of the molecule is C=CC1CC(NCCCN(CC)S(C)(=O)=O)C1. The van der Waals surface area contributed by atoms with Crippen molar-refractivity contribution >= 4 is 10.0 Å². The Morgan fingerprint density at radius 2 is 2.12 bits per heavy atom. The predicted octanol–water partition coefficient (Wildman–Crippen LogP) is 1.21. The van der Waals surface area contributed by atoms with Gasteiger partial charge in [0.25, 0.3) is 0 Å². The van der Waals surface area contributed by atoms with Crippen LogP contribution in [0.4, 0.5) is 0 Å². The highest BCUT2D eigenvalue weighted by molar-refractivity contribution is 7.88. The molecule has 0 aliphatic heterocycles. The first-order valence-corrected chi connectivity index (χ1v) is 8.13. The monoisotopic (exact) mass is 260 g/mol. The minimum absolute atomic E-state index is 0.556. The van der Waals surface area contributed by atoms with E-state index in [1.807, 2.05) is 13.0 Å². The first kappa shape index (κ1) is 14.7. The Labute approximate surface area is 105 Å². The summed E-state index contributed by atoms with van der Waals surface area (Å²) in [5, 5.41) is 3.45. The van der Waals surface area contributed by atoms with Crippen molar-refractivity contribution in [3.63, 3.8) is 0 Å². The van der Waals surface area contributed by atoms with E-state index in [4.69, 9.17) is 0 Å². The third-order valence-electron chi connectivity index (χ3n) is 3.35. The number of allylic oxidation sites excluding steroid dienone is 1. The molecule has 1 saturated carbocycles. The van der Waals surface area contributed by atoms with Gasteiger partial charge in [0.15, 0.2) is 0 Å². The van der Waals surface area contributed by atoms with Crippen molar-refractivity contribution < 1.29 is 8.42 Å². The van der Waals surface area contributed by atoms with Gasteiger partial charge < -0.3 is 5.32 Å². The molecule has 17 heavy (non-hydrogen) atoms. The van der Waals surface area contributed by atoms with E-state index in [0.29, 0.717) is 25.0 Å². The van der Waals surface area contributed by atoms with Gasteiger partial charge in [0.05, 0.1) is 6.26 Å². The summed E-state index contributed by atoms with van der Waals surface area (Å²) in [6, 6.07) is 0.603. The standard InChI is InChI=1S/C12H24N2O2S/c1-4-11-9-12(10-11)13-7-6-8-14(5-2)17(3,15)16/h4,11-13H,1,5-10H2,2-3H3. The van der Waals surface area contributed by atoms with Gasteiger partial charge in [-0.05, 0) is 31.7 Å². The van der Waals surface area contributed by atoms with Gasteiger partial charge >= 0.3 is 0 Å². The third kappa shape index (κ3) is 4.77. The van der Waals surface area contributed by atoms with Crippen LogP contribution in [0.2, 0.25) is 0 Å². The summed E-state index contributed by atoms with van der Waals surface area (Å²) in [6.07, 6.45) is 6.50. The molecule has 0 unspecified atom stereocenters. The van der Waals surface area contributed by atoms with Crippen LogP contribution < -0.4 is 5.32 Å². The molecule has 4 nitrogen and oxygen atoms in total. The molecule has 1 aliphatic carbocycles. The molecule has 1 N–H and O–H groups in total. The minimum atomic E-state index is -3.03. The van der Waals surface area contributed by atoms with Crippen LogP contribution >= 0.6 is 0 Å². The zero-order valence-electron chi connectivity index (χ0n) is 10.9. The van der Waals surface area contributed by atoms with Crippen molar-refractivity contribution in [1.82, 2.24) is 9.62 Å². The summed E-state index contributed by atoms with van der Waals surface area (Å²) < 4.78 is 24.2. The van der Waals surface area contributed by atoms with E-state index in [1.54, 1.807) is 0 Å². The average molecular weight is 260 g/mol. The van der Waals surface area contributed by atoms with Crippen LogP contribution in [-0.4, -0.2) is 44.7 Å². The Kier molecular flexibility index (Phi) is 5.62. The molecule has 1 aliphatic rings. The number of hydrogen-bond donors (Lipinski definition) is 1. The van der Waals surface area contributed by atoms with Crippen LogP contribution in [0.5, 0.6) is 0 Å². The lowest BCUT2D eigenvalue weighted by atomic mass is 9.80. The van der Waals surface area contributed by atoms with Gasteiger partial charge in [-0.15, -0.1) is 6.58 Å². The highest BCUT2D eigenvalue weighted by Gasteiger charge is 2.25. The highest BCUT2D eigenvalue weighted by Crippen LogP contribution is 2.27. The second kappa shape index (κ2) is 6.52. The fourth-order valence-electron chi connectivity index (χ4n) is 2.14. The van der Waals surface area contributed by atoms with Gasteiger partial charge in [0.1, 0.15) is 0 Å². The minimum Gasteiger partial charge on any atom is -0.314 e. The molecular weight excluding hydrogens is 236 g/mol. The van der Waals surface area contributed by atoms with Crippen molar-refractivity contribution in [3.8, 4) is 0 Å². The summed E-state index contributed by atoms with van der Waals surface area (Å²) in [5.41, 5.74) is 0. The molecule has 1 fully saturated rings. The summed E-state index contributed by atoms with van der Waals surface area (Å²) in [4.78, 5) is 0. The molecule has 0 spiro atoms.